The normalized spacial score (nSPS) is 14.2. The van der Waals surface area contributed by atoms with Crippen molar-refractivity contribution in [3.05, 3.63) is 66.2 Å². The van der Waals surface area contributed by atoms with Crippen molar-refractivity contribution >= 4 is 11.9 Å². The topological polar surface area (TPSA) is 75.9 Å². The second-order valence-electron chi connectivity index (χ2n) is 6.01. The van der Waals surface area contributed by atoms with Crippen LogP contribution in [0.15, 0.2) is 55.0 Å². The molecule has 25 heavy (non-hydrogen) atoms. The first-order valence-corrected chi connectivity index (χ1v) is 8.15. The van der Waals surface area contributed by atoms with E-state index in [4.69, 9.17) is 0 Å². The van der Waals surface area contributed by atoms with Gasteiger partial charge < -0.3 is 10.2 Å². The van der Waals surface area contributed by atoms with Crippen molar-refractivity contribution in [2.24, 2.45) is 0 Å². The molecular formula is C18H18N6O. The molecule has 126 valence electrons. The van der Waals surface area contributed by atoms with Crippen molar-refractivity contribution < 1.29 is 4.79 Å². The third-order valence-corrected chi connectivity index (χ3v) is 4.31. The summed E-state index contributed by atoms with van der Waals surface area (Å²) in [7, 11) is 0. The predicted molar refractivity (Wildman–Crippen MR) is 93.6 cm³/mol. The Balaban J connectivity index is 1.42. The number of hydrogen-bond acceptors (Lipinski definition) is 5. The number of para-hydroxylation sites is 1. The molecule has 7 heteroatoms. The number of carbonyl (C=O) groups excluding carboxylic acids is 1. The first-order valence-electron chi connectivity index (χ1n) is 8.15. The number of carbonyl (C=O) groups is 1. The lowest BCUT2D eigenvalue weighted by molar-refractivity contribution is 0.0624. The average molecular weight is 334 g/mol. The molecule has 0 radical (unpaired) electrons. The Morgan fingerprint density at radius 3 is 2.56 bits per heavy atom. The zero-order chi connectivity index (χ0) is 17.2. The van der Waals surface area contributed by atoms with Crippen molar-refractivity contribution in [1.82, 2.24) is 24.6 Å². The summed E-state index contributed by atoms with van der Waals surface area (Å²) in [4.78, 5) is 22.8. The maximum atomic E-state index is 12.7. The highest BCUT2D eigenvalue weighted by Gasteiger charge is 2.33. The lowest BCUT2D eigenvalue weighted by Crippen LogP contribution is -2.57. The van der Waals surface area contributed by atoms with Gasteiger partial charge in [0.15, 0.2) is 0 Å². The van der Waals surface area contributed by atoms with Gasteiger partial charge in [0.05, 0.1) is 29.2 Å². The summed E-state index contributed by atoms with van der Waals surface area (Å²) >= 11 is 0. The molecule has 1 amide bonds. The fraction of sp³-hybridized carbons (Fsp3) is 0.222. The van der Waals surface area contributed by atoms with Crippen LogP contribution in [0.25, 0.3) is 5.69 Å². The van der Waals surface area contributed by atoms with E-state index >= 15 is 0 Å². The van der Waals surface area contributed by atoms with E-state index in [1.54, 1.807) is 34.2 Å². The molecule has 1 N–H and O–H groups in total. The van der Waals surface area contributed by atoms with Gasteiger partial charge in [-0.3, -0.25) is 4.79 Å². The summed E-state index contributed by atoms with van der Waals surface area (Å²) in [6.45, 7) is 3.18. The second kappa shape index (κ2) is 6.35. The first-order chi connectivity index (χ1) is 12.2. The van der Waals surface area contributed by atoms with E-state index in [1.807, 2.05) is 37.3 Å². The molecule has 4 rings (SSSR count). The molecule has 1 aliphatic heterocycles. The minimum Gasteiger partial charge on any atom is -0.348 e. The third-order valence-electron chi connectivity index (χ3n) is 4.31. The number of nitrogens with zero attached hydrogens (tertiary/aromatic N) is 5. The van der Waals surface area contributed by atoms with Crippen LogP contribution in [0.4, 0.5) is 5.95 Å². The van der Waals surface area contributed by atoms with E-state index in [9.17, 15) is 4.79 Å². The molecule has 1 aromatic carbocycles. The van der Waals surface area contributed by atoms with Crippen molar-refractivity contribution in [3.8, 4) is 5.69 Å². The Kier molecular flexibility index (Phi) is 3.89. The Labute approximate surface area is 145 Å². The number of anilines is 1. The standard InChI is InChI=1S/C18H18N6O/c1-13-16(10-21-24(13)15-6-3-2-4-7-15)17(25)23-11-14(12-23)22-18-19-8-5-9-20-18/h2-10,14H,11-12H2,1H3,(H,19,20,22). The summed E-state index contributed by atoms with van der Waals surface area (Å²) in [6, 6.07) is 11.8. The van der Waals surface area contributed by atoms with Crippen LogP contribution in [0.2, 0.25) is 0 Å². The van der Waals surface area contributed by atoms with E-state index in [0.717, 1.165) is 11.4 Å². The van der Waals surface area contributed by atoms with Crippen molar-refractivity contribution in [1.29, 1.82) is 0 Å². The van der Waals surface area contributed by atoms with Crippen LogP contribution >= 0.6 is 0 Å². The summed E-state index contributed by atoms with van der Waals surface area (Å²) in [5.74, 6) is 0.597. The highest BCUT2D eigenvalue weighted by atomic mass is 16.2. The van der Waals surface area contributed by atoms with Gasteiger partial charge in [0.2, 0.25) is 5.95 Å². The molecule has 1 fully saturated rings. The van der Waals surface area contributed by atoms with Crippen molar-refractivity contribution in [2.45, 2.75) is 13.0 Å². The Bertz CT molecular complexity index is 871. The number of likely N-dealkylation sites (tertiary alicyclic amines) is 1. The molecule has 0 aliphatic carbocycles. The lowest BCUT2D eigenvalue weighted by atomic mass is 10.1. The Morgan fingerprint density at radius 1 is 1.12 bits per heavy atom. The van der Waals surface area contributed by atoms with Gasteiger partial charge in [-0.1, -0.05) is 18.2 Å². The Hall–Kier alpha value is -3.22. The number of rotatable bonds is 4. The molecule has 1 aliphatic rings. The maximum absolute atomic E-state index is 12.7. The predicted octanol–water partition coefficient (Wildman–Crippen LogP) is 1.91. The molecule has 7 nitrogen and oxygen atoms in total. The minimum absolute atomic E-state index is 0.00621. The van der Waals surface area contributed by atoms with Gasteiger partial charge >= 0.3 is 0 Å². The van der Waals surface area contributed by atoms with Crippen LogP contribution in [-0.2, 0) is 0 Å². The monoisotopic (exact) mass is 334 g/mol. The van der Waals surface area contributed by atoms with Gasteiger partial charge in [-0.2, -0.15) is 5.10 Å². The SMILES string of the molecule is Cc1c(C(=O)N2CC(Nc3ncccn3)C2)cnn1-c1ccccc1. The van der Waals surface area contributed by atoms with E-state index in [-0.39, 0.29) is 11.9 Å². The number of hydrogen-bond donors (Lipinski definition) is 1. The van der Waals surface area contributed by atoms with E-state index in [0.29, 0.717) is 24.6 Å². The molecule has 3 aromatic rings. The fourth-order valence-corrected chi connectivity index (χ4v) is 2.91. The molecule has 1 saturated heterocycles. The number of benzene rings is 1. The first kappa shape index (κ1) is 15.3. The van der Waals surface area contributed by atoms with Crippen LogP contribution in [0.1, 0.15) is 16.1 Å². The van der Waals surface area contributed by atoms with E-state index in [2.05, 4.69) is 20.4 Å². The molecular weight excluding hydrogens is 316 g/mol. The molecule has 0 atom stereocenters. The second-order valence-corrected chi connectivity index (χ2v) is 6.01. The highest BCUT2D eigenvalue weighted by Crippen LogP contribution is 2.20. The molecule has 0 bridgehead atoms. The van der Waals surface area contributed by atoms with Gasteiger partial charge in [-0.05, 0) is 25.1 Å². The molecule has 0 saturated carbocycles. The fourth-order valence-electron chi connectivity index (χ4n) is 2.91. The number of aromatic nitrogens is 4. The van der Waals surface area contributed by atoms with Gasteiger partial charge in [0.1, 0.15) is 0 Å². The summed E-state index contributed by atoms with van der Waals surface area (Å²) < 4.78 is 1.79. The average Bonchev–Trinajstić information content (AvgIpc) is 3.00. The van der Waals surface area contributed by atoms with E-state index in [1.165, 1.54) is 0 Å². The van der Waals surface area contributed by atoms with Crippen LogP contribution in [0.3, 0.4) is 0 Å². The summed E-state index contributed by atoms with van der Waals surface area (Å²) in [5, 5.41) is 7.59. The van der Waals surface area contributed by atoms with Gasteiger partial charge in [0.25, 0.3) is 5.91 Å². The molecule has 0 unspecified atom stereocenters. The lowest BCUT2D eigenvalue weighted by Gasteiger charge is -2.39. The maximum Gasteiger partial charge on any atom is 0.257 e. The molecule has 2 aromatic heterocycles. The highest BCUT2D eigenvalue weighted by molar-refractivity contribution is 5.95. The molecule has 0 spiro atoms. The zero-order valence-electron chi connectivity index (χ0n) is 13.8. The quantitative estimate of drug-likeness (QED) is 0.789. The van der Waals surface area contributed by atoms with Gasteiger partial charge in [0, 0.05) is 25.5 Å². The minimum atomic E-state index is 0.00621. The molecule has 3 heterocycles. The number of amides is 1. The van der Waals surface area contributed by atoms with Crippen LogP contribution < -0.4 is 5.32 Å². The smallest absolute Gasteiger partial charge is 0.257 e. The number of nitrogens with one attached hydrogen (secondary N) is 1. The van der Waals surface area contributed by atoms with Crippen LogP contribution in [-0.4, -0.2) is 49.7 Å². The van der Waals surface area contributed by atoms with Crippen LogP contribution in [0.5, 0.6) is 0 Å². The van der Waals surface area contributed by atoms with Crippen molar-refractivity contribution in [3.63, 3.8) is 0 Å². The third kappa shape index (κ3) is 2.96. The van der Waals surface area contributed by atoms with Crippen LogP contribution in [0, 0.1) is 6.92 Å². The van der Waals surface area contributed by atoms with Gasteiger partial charge in [-0.25, -0.2) is 14.6 Å². The summed E-state index contributed by atoms with van der Waals surface area (Å²) in [5.41, 5.74) is 2.43. The van der Waals surface area contributed by atoms with E-state index < -0.39 is 0 Å². The zero-order valence-corrected chi connectivity index (χ0v) is 13.8. The Morgan fingerprint density at radius 2 is 1.84 bits per heavy atom. The van der Waals surface area contributed by atoms with Gasteiger partial charge in [-0.15, -0.1) is 0 Å². The summed E-state index contributed by atoms with van der Waals surface area (Å²) in [6.07, 6.45) is 5.03. The largest absolute Gasteiger partial charge is 0.348 e. The van der Waals surface area contributed by atoms with Crippen molar-refractivity contribution in [2.75, 3.05) is 18.4 Å².